The van der Waals surface area contributed by atoms with Crippen LogP contribution in [0.5, 0.6) is 0 Å². The molecule has 1 aliphatic rings. The Balaban J connectivity index is 2.27. The molecule has 3 heteroatoms. The average molecular weight is 228 g/mol. The first-order valence-electron chi connectivity index (χ1n) is 6.64. The van der Waals surface area contributed by atoms with Crippen LogP contribution in [0.1, 0.15) is 27.2 Å². The molecule has 0 bridgehead atoms. The molecule has 0 spiro atoms. The molecule has 0 saturated carbocycles. The van der Waals surface area contributed by atoms with Gasteiger partial charge in [-0.2, -0.15) is 0 Å². The summed E-state index contributed by atoms with van der Waals surface area (Å²) in [5, 5.41) is 0. The minimum Gasteiger partial charge on any atom is -0.374 e. The van der Waals surface area contributed by atoms with Crippen LogP contribution in [-0.2, 0) is 4.74 Å². The first-order valence-corrected chi connectivity index (χ1v) is 6.64. The molecule has 0 aromatic rings. The second kappa shape index (κ2) is 7.25. The van der Waals surface area contributed by atoms with E-state index >= 15 is 0 Å². The smallest absolute Gasteiger partial charge is 0.0829 e. The number of hydrogen-bond acceptors (Lipinski definition) is 3. The molecule has 0 unspecified atom stereocenters. The van der Waals surface area contributed by atoms with Gasteiger partial charge in [0.1, 0.15) is 0 Å². The Morgan fingerprint density at radius 2 is 2.19 bits per heavy atom. The third-order valence-corrected chi connectivity index (χ3v) is 2.97. The summed E-state index contributed by atoms with van der Waals surface area (Å²) in [4.78, 5) is 4.92. The van der Waals surface area contributed by atoms with E-state index in [-0.39, 0.29) is 0 Å². The summed E-state index contributed by atoms with van der Waals surface area (Å²) in [5.74, 6) is 0.757. The van der Waals surface area contributed by atoms with Crippen molar-refractivity contribution in [2.45, 2.75) is 33.3 Å². The van der Waals surface area contributed by atoms with Gasteiger partial charge in [0.2, 0.25) is 0 Å². The molecular weight excluding hydrogens is 200 g/mol. The highest BCUT2D eigenvalue weighted by molar-refractivity contribution is 4.74. The maximum absolute atomic E-state index is 5.82. The van der Waals surface area contributed by atoms with Crippen LogP contribution in [-0.4, -0.2) is 62.3 Å². The van der Waals surface area contributed by atoms with Crippen LogP contribution in [0.3, 0.4) is 0 Å². The molecule has 16 heavy (non-hydrogen) atoms. The fraction of sp³-hybridized carbons (Fsp3) is 1.00. The lowest BCUT2D eigenvalue weighted by atomic mass is 10.1. The molecule has 1 saturated heterocycles. The highest BCUT2D eigenvalue weighted by Gasteiger charge is 2.21. The van der Waals surface area contributed by atoms with Gasteiger partial charge in [0, 0.05) is 26.2 Å². The van der Waals surface area contributed by atoms with E-state index in [0.29, 0.717) is 6.10 Å². The molecule has 96 valence electrons. The first kappa shape index (κ1) is 13.9. The van der Waals surface area contributed by atoms with E-state index < -0.39 is 0 Å². The molecule has 3 nitrogen and oxygen atoms in total. The number of likely N-dealkylation sites (N-methyl/N-ethyl adjacent to an activating group) is 1. The Hall–Kier alpha value is -0.120. The van der Waals surface area contributed by atoms with Gasteiger partial charge in [-0.05, 0) is 25.9 Å². The number of morpholine rings is 1. The molecule has 1 aliphatic heterocycles. The van der Waals surface area contributed by atoms with Crippen LogP contribution >= 0.6 is 0 Å². The normalized spacial score (nSPS) is 23.2. The van der Waals surface area contributed by atoms with Crippen LogP contribution in [0.4, 0.5) is 0 Å². The van der Waals surface area contributed by atoms with Gasteiger partial charge in [-0.15, -0.1) is 0 Å². The fourth-order valence-electron chi connectivity index (χ4n) is 2.39. The van der Waals surface area contributed by atoms with E-state index in [4.69, 9.17) is 4.74 Å². The van der Waals surface area contributed by atoms with E-state index in [9.17, 15) is 0 Å². The molecule has 1 rings (SSSR count). The summed E-state index contributed by atoms with van der Waals surface area (Å²) >= 11 is 0. The maximum Gasteiger partial charge on any atom is 0.0829 e. The highest BCUT2D eigenvalue weighted by atomic mass is 16.5. The van der Waals surface area contributed by atoms with Crippen LogP contribution in [0.2, 0.25) is 0 Å². The van der Waals surface area contributed by atoms with Crippen molar-refractivity contribution in [3.63, 3.8) is 0 Å². The summed E-state index contributed by atoms with van der Waals surface area (Å²) in [6.07, 6.45) is 1.63. The summed E-state index contributed by atoms with van der Waals surface area (Å²) < 4.78 is 5.82. The highest BCUT2D eigenvalue weighted by Crippen LogP contribution is 2.09. The Kier molecular flexibility index (Phi) is 6.32. The summed E-state index contributed by atoms with van der Waals surface area (Å²) in [6.45, 7) is 13.4. The van der Waals surface area contributed by atoms with Crippen molar-refractivity contribution >= 4 is 0 Å². The van der Waals surface area contributed by atoms with E-state index in [1.807, 2.05) is 0 Å². The minimum absolute atomic E-state index is 0.407. The molecule has 0 aliphatic carbocycles. The first-order chi connectivity index (χ1) is 7.61. The zero-order valence-electron chi connectivity index (χ0n) is 11.4. The molecule has 0 radical (unpaired) electrons. The monoisotopic (exact) mass is 228 g/mol. The second-order valence-corrected chi connectivity index (χ2v) is 5.41. The predicted molar refractivity (Wildman–Crippen MR) is 68.8 cm³/mol. The molecule has 1 atom stereocenters. The van der Waals surface area contributed by atoms with Gasteiger partial charge >= 0.3 is 0 Å². The Labute approximate surface area is 101 Å². The molecule has 0 N–H and O–H groups in total. The quantitative estimate of drug-likeness (QED) is 0.688. The van der Waals surface area contributed by atoms with Crippen molar-refractivity contribution in [2.75, 3.05) is 46.4 Å². The van der Waals surface area contributed by atoms with E-state index in [1.165, 1.54) is 19.5 Å². The number of rotatable bonds is 6. The summed E-state index contributed by atoms with van der Waals surface area (Å²) in [5.41, 5.74) is 0. The van der Waals surface area contributed by atoms with E-state index in [0.717, 1.165) is 32.2 Å². The molecule has 0 amide bonds. The predicted octanol–water partition coefficient (Wildman–Crippen LogP) is 1.69. The lowest BCUT2D eigenvalue weighted by molar-refractivity contribution is -0.0432. The SMILES string of the molecule is CCCN(C)C[C@H]1CN(CC(C)C)CCO1. The van der Waals surface area contributed by atoms with Gasteiger partial charge in [0.15, 0.2) is 0 Å². The molecular formula is C13H28N2O. The van der Waals surface area contributed by atoms with Crippen molar-refractivity contribution in [3.05, 3.63) is 0 Å². The molecule has 1 heterocycles. The van der Waals surface area contributed by atoms with Crippen molar-refractivity contribution < 1.29 is 4.74 Å². The topological polar surface area (TPSA) is 15.7 Å². The number of hydrogen-bond donors (Lipinski definition) is 0. The zero-order chi connectivity index (χ0) is 12.0. The summed E-state index contributed by atoms with van der Waals surface area (Å²) in [7, 11) is 2.19. The fourth-order valence-corrected chi connectivity index (χ4v) is 2.39. The van der Waals surface area contributed by atoms with Gasteiger partial charge in [-0.3, -0.25) is 4.90 Å². The van der Waals surface area contributed by atoms with Crippen LogP contribution < -0.4 is 0 Å². The standard InChI is InChI=1S/C13H28N2O/c1-5-6-14(4)10-13-11-15(7-8-16-13)9-12(2)3/h12-13H,5-11H2,1-4H3/t13-/m0/s1. The second-order valence-electron chi connectivity index (χ2n) is 5.41. The van der Waals surface area contributed by atoms with Crippen LogP contribution in [0.25, 0.3) is 0 Å². The Bertz CT molecular complexity index is 185. The lowest BCUT2D eigenvalue weighted by Gasteiger charge is -2.35. The van der Waals surface area contributed by atoms with Crippen LogP contribution in [0.15, 0.2) is 0 Å². The van der Waals surface area contributed by atoms with Gasteiger partial charge in [0.05, 0.1) is 12.7 Å². The van der Waals surface area contributed by atoms with Crippen LogP contribution in [0, 0.1) is 5.92 Å². The minimum atomic E-state index is 0.407. The molecule has 0 aromatic carbocycles. The van der Waals surface area contributed by atoms with Crippen molar-refractivity contribution in [1.29, 1.82) is 0 Å². The third-order valence-electron chi connectivity index (χ3n) is 2.97. The number of nitrogens with zero attached hydrogens (tertiary/aromatic N) is 2. The third kappa shape index (κ3) is 5.28. The number of ether oxygens (including phenoxy) is 1. The molecule has 1 fully saturated rings. The zero-order valence-corrected chi connectivity index (χ0v) is 11.4. The van der Waals surface area contributed by atoms with Crippen molar-refractivity contribution in [2.24, 2.45) is 5.92 Å². The Morgan fingerprint density at radius 1 is 1.44 bits per heavy atom. The lowest BCUT2D eigenvalue weighted by Crippen LogP contribution is -2.48. The van der Waals surface area contributed by atoms with Gasteiger partial charge < -0.3 is 9.64 Å². The average Bonchev–Trinajstić information content (AvgIpc) is 2.17. The van der Waals surface area contributed by atoms with E-state index in [2.05, 4.69) is 37.6 Å². The Morgan fingerprint density at radius 3 is 2.81 bits per heavy atom. The maximum atomic E-state index is 5.82. The van der Waals surface area contributed by atoms with E-state index in [1.54, 1.807) is 0 Å². The molecule has 0 aromatic heterocycles. The summed E-state index contributed by atoms with van der Waals surface area (Å²) in [6, 6.07) is 0. The largest absolute Gasteiger partial charge is 0.374 e. The van der Waals surface area contributed by atoms with Gasteiger partial charge in [-0.25, -0.2) is 0 Å². The van der Waals surface area contributed by atoms with Gasteiger partial charge in [-0.1, -0.05) is 20.8 Å². The van der Waals surface area contributed by atoms with Gasteiger partial charge in [0.25, 0.3) is 0 Å². The van der Waals surface area contributed by atoms with Crippen molar-refractivity contribution in [1.82, 2.24) is 9.80 Å². The van der Waals surface area contributed by atoms with Crippen molar-refractivity contribution in [3.8, 4) is 0 Å².